The Morgan fingerprint density at radius 2 is 0.821 bits per heavy atom. The van der Waals surface area contributed by atoms with E-state index in [1.807, 2.05) is 12.1 Å². The minimum atomic E-state index is -0.294. The molecule has 67 heavy (non-hydrogen) atoms. The quantitative estimate of drug-likeness (QED) is 0.0667. The highest BCUT2D eigenvalue weighted by Crippen LogP contribution is 2.43. The van der Waals surface area contributed by atoms with Gasteiger partial charge in [0.05, 0.1) is 13.4 Å². The Balaban J connectivity index is 1.05. The molecule has 0 saturated heterocycles. The molecule has 0 bridgehead atoms. The SMILES string of the molecule is C=[N+]1C(c2ccccc2)=CC=C[C-]1C(Nc1c(C(C)C)cccc1C(C)C)c1ccc(CCCc2ccc(C(Nc3c(C(C)C)cccc3C(C)C)[C-]3C=CC=C(c4ccccc4)[N+]3=C)o2)o1. The minimum Gasteiger partial charge on any atom is -0.464 e. The van der Waals surface area contributed by atoms with Crippen LogP contribution in [-0.4, -0.2) is 22.6 Å². The van der Waals surface area contributed by atoms with E-state index in [0.717, 1.165) is 88.3 Å². The summed E-state index contributed by atoms with van der Waals surface area (Å²) < 4.78 is 17.8. The lowest BCUT2D eigenvalue weighted by Gasteiger charge is -2.32. The second-order valence-corrected chi connectivity index (χ2v) is 19.1. The van der Waals surface area contributed by atoms with Crippen molar-refractivity contribution in [2.24, 2.45) is 0 Å². The van der Waals surface area contributed by atoms with E-state index >= 15 is 0 Å². The van der Waals surface area contributed by atoms with Gasteiger partial charge in [0, 0.05) is 35.3 Å². The van der Waals surface area contributed by atoms with Crippen molar-refractivity contribution >= 4 is 36.2 Å². The van der Waals surface area contributed by atoms with E-state index in [1.165, 1.54) is 22.3 Å². The molecule has 0 radical (unpaired) electrons. The molecule has 344 valence electrons. The van der Waals surface area contributed by atoms with Crippen LogP contribution >= 0.6 is 0 Å². The van der Waals surface area contributed by atoms with Crippen LogP contribution in [0.5, 0.6) is 0 Å². The number of nitrogens with zero attached hydrogens (tertiary/aromatic N) is 2. The monoisotopic (exact) mass is 889 g/mol. The van der Waals surface area contributed by atoms with Crippen molar-refractivity contribution in [3.8, 4) is 0 Å². The molecule has 2 aliphatic heterocycles. The van der Waals surface area contributed by atoms with Gasteiger partial charge >= 0.3 is 0 Å². The van der Waals surface area contributed by atoms with Crippen molar-refractivity contribution in [2.45, 2.75) is 110 Å². The molecule has 0 aliphatic carbocycles. The summed E-state index contributed by atoms with van der Waals surface area (Å²) in [7, 11) is 0. The van der Waals surface area contributed by atoms with Gasteiger partial charge in [0.15, 0.2) is 0 Å². The van der Waals surface area contributed by atoms with Gasteiger partial charge in [-0.15, -0.1) is 12.2 Å². The van der Waals surface area contributed by atoms with Crippen molar-refractivity contribution in [3.05, 3.63) is 226 Å². The van der Waals surface area contributed by atoms with Crippen LogP contribution in [0.1, 0.15) is 154 Å². The van der Waals surface area contributed by atoms with Gasteiger partial charge in [0.25, 0.3) is 0 Å². The average Bonchev–Trinajstić information content (AvgIpc) is 4.01. The largest absolute Gasteiger partial charge is 0.464 e. The van der Waals surface area contributed by atoms with Crippen LogP contribution in [0.3, 0.4) is 0 Å². The first-order chi connectivity index (χ1) is 32.4. The first-order valence-electron chi connectivity index (χ1n) is 24.2. The summed E-state index contributed by atoms with van der Waals surface area (Å²) in [4.78, 5) is 0. The number of hydrogen-bond acceptors (Lipinski definition) is 4. The van der Waals surface area contributed by atoms with E-state index in [4.69, 9.17) is 8.83 Å². The average molecular weight is 889 g/mol. The molecule has 0 fully saturated rings. The molecule has 6 heteroatoms. The molecule has 0 spiro atoms. The fourth-order valence-electron chi connectivity index (χ4n) is 9.45. The van der Waals surface area contributed by atoms with E-state index in [9.17, 15) is 0 Å². The van der Waals surface area contributed by atoms with Gasteiger partial charge < -0.3 is 19.5 Å². The highest BCUT2D eigenvalue weighted by Gasteiger charge is 2.35. The van der Waals surface area contributed by atoms with Crippen molar-refractivity contribution in [1.29, 1.82) is 0 Å². The predicted octanol–water partition coefficient (Wildman–Crippen LogP) is 15.6. The molecule has 6 aromatic rings. The van der Waals surface area contributed by atoms with Crippen LogP contribution in [0, 0.1) is 12.1 Å². The van der Waals surface area contributed by atoms with E-state index < -0.39 is 0 Å². The molecule has 0 amide bonds. The molecule has 8 rings (SSSR count). The molecule has 2 N–H and O–H groups in total. The van der Waals surface area contributed by atoms with Gasteiger partial charge in [-0.3, -0.25) is 9.15 Å². The maximum Gasteiger partial charge on any atom is 0.134 e. The van der Waals surface area contributed by atoms with Crippen molar-refractivity contribution < 1.29 is 18.0 Å². The Morgan fingerprint density at radius 3 is 1.16 bits per heavy atom. The lowest BCUT2D eigenvalue weighted by atomic mass is 9.91. The fraction of sp³-hybridized carbons (Fsp3) is 0.279. The highest BCUT2D eigenvalue weighted by atomic mass is 16.3. The standard InChI is InChI=1S/C61H68N4O2/c1-40(2)48-28-18-29-49(41(3)4)58(48)62-60(54-34-20-32-52(64(54)9)44-22-13-11-14-23-44)56-38-36-46(66-56)26-17-27-47-37-39-57(67-47)61(63-59-50(42(5)6)30-19-31-51(59)43(7)8)55-35-21-33-53(65(55)10)45-24-15-12-16-25-45/h11-16,18-25,28-43,60-63H,9-10,17,26-27H2,1-8H3. The zero-order chi connectivity index (χ0) is 47.2. The predicted molar refractivity (Wildman–Crippen MR) is 280 cm³/mol. The van der Waals surface area contributed by atoms with Gasteiger partial charge in [-0.05, 0) is 76.6 Å². The Hall–Kier alpha value is -6.92. The fourth-order valence-corrected chi connectivity index (χ4v) is 9.45. The lowest BCUT2D eigenvalue weighted by Crippen LogP contribution is -2.28. The number of benzene rings is 4. The number of para-hydroxylation sites is 2. The van der Waals surface area contributed by atoms with Crippen LogP contribution < -0.4 is 10.6 Å². The Kier molecular flexibility index (Phi) is 14.4. The molecular formula is C61H68N4O2. The molecule has 0 saturated carbocycles. The lowest BCUT2D eigenvalue weighted by molar-refractivity contribution is -0.404. The van der Waals surface area contributed by atoms with Crippen molar-refractivity contribution in [3.63, 3.8) is 0 Å². The molecular weight excluding hydrogens is 821 g/mol. The van der Waals surface area contributed by atoms with Gasteiger partial charge in [0.2, 0.25) is 0 Å². The number of hydrogen-bond donors (Lipinski definition) is 2. The maximum atomic E-state index is 6.85. The van der Waals surface area contributed by atoms with Gasteiger partial charge in [0.1, 0.15) is 58.6 Å². The van der Waals surface area contributed by atoms with Gasteiger partial charge in [-0.1, -0.05) is 177 Å². The Bertz CT molecular complexity index is 2550. The normalized spacial score (nSPS) is 14.9. The second-order valence-electron chi connectivity index (χ2n) is 19.1. The summed E-state index contributed by atoms with van der Waals surface area (Å²) in [5.41, 5.74) is 11.7. The van der Waals surface area contributed by atoms with Crippen LogP contribution in [0.25, 0.3) is 11.4 Å². The highest BCUT2D eigenvalue weighted by molar-refractivity contribution is 5.68. The van der Waals surface area contributed by atoms with Crippen molar-refractivity contribution in [2.75, 3.05) is 10.6 Å². The maximum absolute atomic E-state index is 6.85. The summed E-state index contributed by atoms with van der Waals surface area (Å²) in [5.74, 6) is 4.89. The number of furan rings is 2. The Morgan fingerprint density at radius 1 is 0.463 bits per heavy atom. The van der Waals surface area contributed by atoms with Crippen LogP contribution in [0.2, 0.25) is 0 Å². The van der Waals surface area contributed by atoms with E-state index in [1.54, 1.807) is 0 Å². The minimum absolute atomic E-state index is 0.294. The van der Waals surface area contributed by atoms with E-state index in [2.05, 4.69) is 234 Å². The Labute approximate surface area is 399 Å². The number of aryl methyl sites for hydroxylation is 2. The number of nitrogens with one attached hydrogen (secondary N) is 2. The zero-order valence-electron chi connectivity index (χ0n) is 40.7. The third-order valence-electron chi connectivity index (χ3n) is 13.1. The summed E-state index contributed by atoms with van der Waals surface area (Å²) in [6, 6.07) is 44.2. The molecule has 6 nitrogen and oxygen atoms in total. The topological polar surface area (TPSA) is 56.4 Å². The summed E-state index contributed by atoms with van der Waals surface area (Å²) in [5, 5.41) is 8.05. The third kappa shape index (κ3) is 10.2. The zero-order valence-corrected chi connectivity index (χ0v) is 40.7. The summed E-state index contributed by atoms with van der Waals surface area (Å²) >= 11 is 0. The first-order valence-corrected chi connectivity index (χ1v) is 24.2. The van der Waals surface area contributed by atoms with Crippen LogP contribution in [0.15, 0.2) is 167 Å². The molecule has 2 unspecified atom stereocenters. The van der Waals surface area contributed by atoms with Crippen molar-refractivity contribution in [1.82, 2.24) is 0 Å². The molecule has 4 aromatic carbocycles. The van der Waals surface area contributed by atoms with Gasteiger partial charge in [-0.25, -0.2) is 0 Å². The molecule has 2 aromatic heterocycles. The number of allylic oxidation sites excluding steroid dienone is 4. The smallest absolute Gasteiger partial charge is 0.134 e. The number of anilines is 2. The first kappa shape index (κ1) is 46.6. The second kappa shape index (κ2) is 20.7. The molecule has 2 atom stereocenters. The molecule has 4 heterocycles. The van der Waals surface area contributed by atoms with E-state index in [0.29, 0.717) is 23.7 Å². The molecule has 2 aliphatic rings. The summed E-state index contributed by atoms with van der Waals surface area (Å²) in [6.45, 7) is 27.3. The summed E-state index contributed by atoms with van der Waals surface area (Å²) in [6.07, 6.45) is 15.2. The number of rotatable bonds is 18. The van der Waals surface area contributed by atoms with Gasteiger partial charge in [-0.2, -0.15) is 0 Å². The van der Waals surface area contributed by atoms with Crippen LogP contribution in [0.4, 0.5) is 11.4 Å². The van der Waals surface area contributed by atoms with Crippen LogP contribution in [-0.2, 0) is 12.8 Å². The third-order valence-corrected chi connectivity index (χ3v) is 13.1. The van der Waals surface area contributed by atoms with E-state index in [-0.39, 0.29) is 12.1 Å².